The van der Waals surface area contributed by atoms with E-state index in [1.165, 1.54) is 6.20 Å². The maximum Gasteiger partial charge on any atom is 0.203 e. The molecule has 0 aliphatic carbocycles. The molecule has 0 aliphatic rings. The second-order valence-electron chi connectivity index (χ2n) is 5.95. The highest BCUT2D eigenvalue weighted by Gasteiger charge is 2.40. The highest BCUT2D eigenvalue weighted by molar-refractivity contribution is 9.10. The van der Waals surface area contributed by atoms with Crippen LogP contribution in [0, 0.1) is 5.21 Å². The van der Waals surface area contributed by atoms with E-state index in [1.54, 1.807) is 19.1 Å². The lowest BCUT2D eigenvalue weighted by Crippen LogP contribution is -2.40. The molecular formula is C20H18BrNO2. The summed E-state index contributed by atoms with van der Waals surface area (Å²) in [4.78, 5) is 0. The molecule has 3 nitrogen and oxygen atoms in total. The van der Waals surface area contributed by atoms with Crippen LogP contribution in [0.25, 0.3) is 0 Å². The van der Waals surface area contributed by atoms with Gasteiger partial charge in [0.25, 0.3) is 0 Å². The number of rotatable bonds is 4. The Kier molecular flexibility index (Phi) is 4.69. The molecule has 2 aromatic carbocycles. The van der Waals surface area contributed by atoms with Crippen molar-refractivity contribution in [3.05, 3.63) is 105 Å². The Morgan fingerprint density at radius 1 is 0.958 bits per heavy atom. The van der Waals surface area contributed by atoms with Gasteiger partial charge in [0.1, 0.15) is 11.5 Å². The van der Waals surface area contributed by atoms with Crippen LogP contribution in [0.5, 0.6) is 0 Å². The van der Waals surface area contributed by atoms with E-state index in [0.29, 0.717) is 5.69 Å². The van der Waals surface area contributed by atoms with Crippen LogP contribution >= 0.6 is 15.9 Å². The lowest BCUT2D eigenvalue weighted by Gasteiger charge is -2.32. The number of pyridine rings is 1. The molecule has 0 aliphatic heterocycles. The second kappa shape index (κ2) is 6.75. The van der Waals surface area contributed by atoms with Gasteiger partial charge in [-0.2, -0.15) is 4.73 Å². The quantitative estimate of drug-likeness (QED) is 0.543. The number of hydrogen-bond donors (Lipinski definition) is 1. The number of benzene rings is 2. The monoisotopic (exact) mass is 383 g/mol. The summed E-state index contributed by atoms with van der Waals surface area (Å²) in [7, 11) is 0. The van der Waals surface area contributed by atoms with Crippen LogP contribution in [0.2, 0.25) is 0 Å². The Hall–Kier alpha value is -2.17. The van der Waals surface area contributed by atoms with Gasteiger partial charge in [0.05, 0.1) is 0 Å². The summed E-state index contributed by atoms with van der Waals surface area (Å²) >= 11 is 3.41. The molecule has 0 unspecified atom stereocenters. The average Bonchev–Trinajstić information content (AvgIpc) is 2.58. The zero-order valence-electron chi connectivity index (χ0n) is 13.3. The number of hydrogen-bond acceptors (Lipinski definition) is 2. The molecule has 0 bridgehead atoms. The third-order valence-electron chi connectivity index (χ3n) is 4.27. The first-order chi connectivity index (χ1) is 11.5. The average molecular weight is 384 g/mol. The Labute approximate surface area is 149 Å². The number of halogens is 1. The SMILES string of the molecule is C[C@@](O)(c1ccc(Br)cc1)[C@H](c1ccccc1)c1cccc[n+]1[O-]. The fraction of sp³-hybridized carbons (Fsp3) is 0.150. The zero-order chi connectivity index (χ0) is 17.2. The van der Waals surface area contributed by atoms with Crippen molar-refractivity contribution in [2.24, 2.45) is 0 Å². The van der Waals surface area contributed by atoms with Crippen molar-refractivity contribution in [1.29, 1.82) is 0 Å². The molecule has 0 saturated carbocycles. The molecule has 2 atom stereocenters. The van der Waals surface area contributed by atoms with Crippen LogP contribution in [-0.2, 0) is 5.60 Å². The van der Waals surface area contributed by atoms with Gasteiger partial charge in [-0.25, -0.2) is 0 Å². The van der Waals surface area contributed by atoms with Gasteiger partial charge in [0, 0.05) is 16.6 Å². The summed E-state index contributed by atoms with van der Waals surface area (Å²) in [5, 5.41) is 23.8. The minimum Gasteiger partial charge on any atom is -0.618 e. The summed E-state index contributed by atoms with van der Waals surface area (Å²) in [6.07, 6.45) is 1.46. The van der Waals surface area contributed by atoms with Crippen LogP contribution in [0.1, 0.15) is 29.7 Å². The Morgan fingerprint density at radius 3 is 2.21 bits per heavy atom. The maximum atomic E-state index is 12.4. The first kappa shape index (κ1) is 16.7. The van der Waals surface area contributed by atoms with Crippen LogP contribution in [0.15, 0.2) is 83.5 Å². The highest BCUT2D eigenvalue weighted by atomic mass is 79.9. The van der Waals surface area contributed by atoms with E-state index in [0.717, 1.165) is 20.3 Å². The zero-order valence-corrected chi connectivity index (χ0v) is 14.8. The van der Waals surface area contributed by atoms with Gasteiger partial charge in [0.2, 0.25) is 5.69 Å². The Bertz CT molecular complexity index is 817. The molecule has 0 fully saturated rings. The topological polar surface area (TPSA) is 47.2 Å². The summed E-state index contributed by atoms with van der Waals surface area (Å²) in [5.41, 5.74) is 0.913. The van der Waals surface area contributed by atoms with Gasteiger partial charge >= 0.3 is 0 Å². The minimum atomic E-state index is -1.24. The van der Waals surface area contributed by atoms with Crippen LogP contribution in [-0.4, -0.2) is 5.11 Å². The largest absolute Gasteiger partial charge is 0.618 e. The van der Waals surface area contributed by atoms with Gasteiger partial charge in [-0.3, -0.25) is 0 Å². The normalized spacial score (nSPS) is 14.8. The predicted octanol–water partition coefficient (Wildman–Crippen LogP) is 4.12. The lowest BCUT2D eigenvalue weighted by molar-refractivity contribution is -0.616. The van der Waals surface area contributed by atoms with E-state index in [9.17, 15) is 10.3 Å². The van der Waals surface area contributed by atoms with E-state index in [4.69, 9.17) is 0 Å². The van der Waals surface area contributed by atoms with Crippen molar-refractivity contribution in [3.8, 4) is 0 Å². The van der Waals surface area contributed by atoms with Gasteiger partial charge < -0.3 is 10.3 Å². The summed E-state index contributed by atoms with van der Waals surface area (Å²) in [5.74, 6) is -0.487. The smallest absolute Gasteiger partial charge is 0.203 e. The van der Waals surface area contributed by atoms with Gasteiger partial charge in [-0.15, -0.1) is 0 Å². The maximum absolute atomic E-state index is 12.4. The fourth-order valence-electron chi connectivity index (χ4n) is 3.05. The summed E-state index contributed by atoms with van der Waals surface area (Å²) in [6, 6.07) is 22.4. The summed E-state index contributed by atoms with van der Waals surface area (Å²) in [6.45, 7) is 1.75. The van der Waals surface area contributed by atoms with Crippen molar-refractivity contribution in [3.63, 3.8) is 0 Å². The number of aliphatic hydroxyl groups is 1. The summed E-state index contributed by atoms with van der Waals surface area (Å²) < 4.78 is 1.77. The van der Waals surface area contributed by atoms with Gasteiger partial charge in [-0.1, -0.05) is 58.4 Å². The molecule has 1 heterocycles. The molecule has 0 amide bonds. The van der Waals surface area contributed by atoms with Crippen LogP contribution in [0.4, 0.5) is 0 Å². The number of aromatic nitrogens is 1. The number of nitrogens with zero attached hydrogens (tertiary/aromatic N) is 1. The van der Waals surface area contributed by atoms with Crippen molar-refractivity contribution in [2.45, 2.75) is 18.4 Å². The predicted molar refractivity (Wildman–Crippen MR) is 97.4 cm³/mol. The third-order valence-corrected chi connectivity index (χ3v) is 4.80. The molecule has 0 spiro atoms. The first-order valence-corrected chi connectivity index (χ1v) is 8.51. The van der Waals surface area contributed by atoms with E-state index in [2.05, 4.69) is 15.9 Å². The molecule has 3 rings (SSSR count). The Morgan fingerprint density at radius 2 is 1.58 bits per heavy atom. The standard InChI is InChI=1S/C20H18BrNO2/c1-20(23,16-10-12-17(21)13-11-16)19(15-7-3-2-4-8-15)18-9-5-6-14-22(18)24/h2-14,19,23H,1H3/t19-,20-/m1/s1. The van der Waals surface area contributed by atoms with Gasteiger partial charge in [0.15, 0.2) is 6.20 Å². The molecule has 3 aromatic rings. The highest BCUT2D eigenvalue weighted by Crippen LogP contribution is 2.40. The Balaban J connectivity index is 2.18. The van der Waals surface area contributed by atoms with Gasteiger partial charge in [-0.05, 0) is 36.2 Å². The van der Waals surface area contributed by atoms with E-state index >= 15 is 0 Å². The van der Waals surface area contributed by atoms with Crippen molar-refractivity contribution in [2.75, 3.05) is 0 Å². The van der Waals surface area contributed by atoms with Crippen molar-refractivity contribution in [1.82, 2.24) is 0 Å². The fourth-order valence-corrected chi connectivity index (χ4v) is 3.31. The molecular weight excluding hydrogens is 366 g/mol. The molecule has 1 N–H and O–H groups in total. The molecule has 0 saturated heterocycles. The van der Waals surface area contributed by atoms with Crippen molar-refractivity contribution >= 4 is 15.9 Å². The van der Waals surface area contributed by atoms with Crippen LogP contribution < -0.4 is 4.73 Å². The molecule has 0 radical (unpaired) electrons. The van der Waals surface area contributed by atoms with E-state index < -0.39 is 11.5 Å². The minimum absolute atomic E-state index is 0.487. The molecule has 1 aromatic heterocycles. The first-order valence-electron chi connectivity index (χ1n) is 7.71. The molecule has 24 heavy (non-hydrogen) atoms. The molecule has 4 heteroatoms. The van der Waals surface area contributed by atoms with Crippen molar-refractivity contribution < 1.29 is 9.84 Å². The van der Waals surface area contributed by atoms with Crippen LogP contribution in [0.3, 0.4) is 0 Å². The lowest BCUT2D eigenvalue weighted by atomic mass is 9.76. The molecule has 122 valence electrons. The van der Waals surface area contributed by atoms with E-state index in [-0.39, 0.29) is 0 Å². The van der Waals surface area contributed by atoms with E-state index in [1.807, 2.05) is 60.7 Å². The third kappa shape index (κ3) is 3.21. The second-order valence-corrected chi connectivity index (χ2v) is 6.87.